The van der Waals surface area contributed by atoms with Gasteiger partial charge in [-0.3, -0.25) is 0 Å². The summed E-state index contributed by atoms with van der Waals surface area (Å²) in [6, 6.07) is 16.8. The van der Waals surface area contributed by atoms with Gasteiger partial charge in [-0.1, -0.05) is 24.3 Å². The van der Waals surface area contributed by atoms with Crippen LogP contribution in [0.1, 0.15) is 23.6 Å². The summed E-state index contributed by atoms with van der Waals surface area (Å²) in [6.07, 6.45) is 1.03. The van der Waals surface area contributed by atoms with Gasteiger partial charge in [0.15, 0.2) is 0 Å². The molecular formula is C19H23NO3. The highest BCUT2D eigenvalue weighted by molar-refractivity contribution is 5.39. The van der Waals surface area contributed by atoms with Crippen LogP contribution < -0.4 is 14.8 Å². The van der Waals surface area contributed by atoms with Crippen LogP contribution in [-0.4, -0.2) is 33.5 Å². The van der Waals surface area contributed by atoms with Gasteiger partial charge in [-0.2, -0.15) is 0 Å². The molecule has 1 unspecified atom stereocenters. The van der Waals surface area contributed by atoms with Gasteiger partial charge in [-0.05, 0) is 41.8 Å². The Kier molecular flexibility index (Phi) is 5.16. The van der Waals surface area contributed by atoms with E-state index in [1.165, 1.54) is 11.1 Å². The lowest BCUT2D eigenvalue weighted by Crippen LogP contribution is -2.33. The van der Waals surface area contributed by atoms with Crippen molar-refractivity contribution < 1.29 is 14.2 Å². The number of benzene rings is 2. The summed E-state index contributed by atoms with van der Waals surface area (Å²) < 4.78 is 16.3. The maximum absolute atomic E-state index is 5.51. The maximum atomic E-state index is 5.51. The van der Waals surface area contributed by atoms with E-state index in [0.717, 1.165) is 31.1 Å². The lowest BCUT2D eigenvalue weighted by Gasteiger charge is -2.24. The average molecular weight is 313 g/mol. The van der Waals surface area contributed by atoms with Crippen molar-refractivity contribution in [3.63, 3.8) is 0 Å². The Morgan fingerprint density at radius 2 is 1.61 bits per heavy atom. The molecule has 0 aliphatic carbocycles. The zero-order chi connectivity index (χ0) is 16.1. The molecule has 1 aliphatic heterocycles. The predicted molar refractivity (Wildman–Crippen MR) is 90.2 cm³/mol. The Morgan fingerprint density at radius 1 is 1.00 bits per heavy atom. The van der Waals surface area contributed by atoms with Crippen LogP contribution in [0.15, 0.2) is 48.5 Å². The third kappa shape index (κ3) is 3.84. The molecule has 1 saturated heterocycles. The van der Waals surface area contributed by atoms with Crippen molar-refractivity contribution in [1.82, 2.24) is 5.32 Å². The molecule has 122 valence electrons. The number of methoxy groups -OCH3 is 2. The molecule has 1 atom stereocenters. The van der Waals surface area contributed by atoms with E-state index in [9.17, 15) is 0 Å². The van der Waals surface area contributed by atoms with Crippen molar-refractivity contribution >= 4 is 0 Å². The zero-order valence-electron chi connectivity index (χ0n) is 13.6. The zero-order valence-corrected chi connectivity index (χ0v) is 13.6. The first-order valence-corrected chi connectivity index (χ1v) is 7.92. The Hall–Kier alpha value is -2.04. The minimum Gasteiger partial charge on any atom is -0.497 e. The predicted octanol–water partition coefficient (Wildman–Crippen LogP) is 3.17. The topological polar surface area (TPSA) is 39.7 Å². The number of nitrogens with one attached hydrogen (secondary N) is 1. The highest BCUT2D eigenvalue weighted by atomic mass is 16.5. The van der Waals surface area contributed by atoms with E-state index < -0.39 is 0 Å². The van der Waals surface area contributed by atoms with E-state index >= 15 is 0 Å². The monoisotopic (exact) mass is 313 g/mol. The third-order valence-corrected chi connectivity index (χ3v) is 4.19. The summed E-state index contributed by atoms with van der Waals surface area (Å²) in [6.45, 7) is 1.57. The SMILES string of the molecule is COc1cccc(C(NC2CCOC2)c2cccc(OC)c2)c1. The highest BCUT2D eigenvalue weighted by Gasteiger charge is 2.22. The number of hydrogen-bond donors (Lipinski definition) is 1. The Bertz CT molecular complexity index is 591. The van der Waals surface area contributed by atoms with Gasteiger partial charge in [0, 0.05) is 12.6 Å². The summed E-state index contributed by atoms with van der Waals surface area (Å²) in [7, 11) is 3.38. The molecule has 2 aromatic carbocycles. The van der Waals surface area contributed by atoms with Crippen LogP contribution in [-0.2, 0) is 4.74 Å². The van der Waals surface area contributed by atoms with Gasteiger partial charge in [0.2, 0.25) is 0 Å². The van der Waals surface area contributed by atoms with E-state index in [-0.39, 0.29) is 6.04 Å². The van der Waals surface area contributed by atoms with Crippen LogP contribution in [0.2, 0.25) is 0 Å². The largest absolute Gasteiger partial charge is 0.497 e. The molecule has 2 aromatic rings. The van der Waals surface area contributed by atoms with Gasteiger partial charge in [0.05, 0.1) is 26.9 Å². The van der Waals surface area contributed by atoms with Crippen molar-refractivity contribution in [1.29, 1.82) is 0 Å². The first-order chi connectivity index (χ1) is 11.3. The fourth-order valence-electron chi connectivity index (χ4n) is 2.93. The average Bonchev–Trinajstić information content (AvgIpc) is 3.13. The number of hydrogen-bond acceptors (Lipinski definition) is 4. The van der Waals surface area contributed by atoms with Gasteiger partial charge < -0.3 is 19.5 Å². The molecule has 3 rings (SSSR count). The minimum absolute atomic E-state index is 0.0758. The van der Waals surface area contributed by atoms with Gasteiger partial charge in [-0.25, -0.2) is 0 Å². The van der Waals surface area contributed by atoms with Crippen LogP contribution >= 0.6 is 0 Å². The van der Waals surface area contributed by atoms with Crippen LogP contribution in [0.4, 0.5) is 0 Å². The Morgan fingerprint density at radius 3 is 2.09 bits per heavy atom. The summed E-state index contributed by atoms with van der Waals surface area (Å²) in [5.41, 5.74) is 2.34. The molecule has 1 N–H and O–H groups in total. The van der Waals surface area contributed by atoms with Crippen LogP contribution in [0.5, 0.6) is 11.5 Å². The van der Waals surface area contributed by atoms with Crippen molar-refractivity contribution in [2.24, 2.45) is 0 Å². The fourth-order valence-corrected chi connectivity index (χ4v) is 2.93. The Balaban J connectivity index is 1.94. The summed E-state index contributed by atoms with van der Waals surface area (Å²) >= 11 is 0. The molecule has 1 aliphatic rings. The molecule has 1 fully saturated rings. The lowest BCUT2D eigenvalue weighted by atomic mass is 9.97. The van der Waals surface area contributed by atoms with Crippen LogP contribution in [0.3, 0.4) is 0 Å². The van der Waals surface area contributed by atoms with E-state index in [2.05, 4.69) is 29.6 Å². The van der Waals surface area contributed by atoms with Crippen LogP contribution in [0.25, 0.3) is 0 Å². The first-order valence-electron chi connectivity index (χ1n) is 7.92. The molecule has 0 amide bonds. The molecule has 0 spiro atoms. The highest BCUT2D eigenvalue weighted by Crippen LogP contribution is 2.28. The number of ether oxygens (including phenoxy) is 3. The summed E-state index contributed by atoms with van der Waals surface area (Å²) in [5, 5.41) is 3.72. The Labute approximate surface area is 137 Å². The standard InChI is InChI=1S/C19H23NO3/c1-21-17-7-3-5-14(11-17)19(20-16-9-10-23-13-16)15-6-4-8-18(12-15)22-2/h3-8,11-12,16,19-20H,9-10,13H2,1-2H3. The minimum atomic E-state index is 0.0758. The second-order valence-corrected chi connectivity index (χ2v) is 5.71. The van der Waals surface area contributed by atoms with Crippen LogP contribution in [0, 0.1) is 0 Å². The van der Waals surface area contributed by atoms with Crippen molar-refractivity contribution in [3.05, 3.63) is 59.7 Å². The van der Waals surface area contributed by atoms with Gasteiger partial charge in [0.1, 0.15) is 11.5 Å². The third-order valence-electron chi connectivity index (χ3n) is 4.19. The molecule has 23 heavy (non-hydrogen) atoms. The fraction of sp³-hybridized carbons (Fsp3) is 0.368. The molecule has 4 heteroatoms. The van der Waals surface area contributed by atoms with E-state index in [1.807, 2.05) is 24.3 Å². The second-order valence-electron chi connectivity index (χ2n) is 5.71. The maximum Gasteiger partial charge on any atom is 0.119 e. The van der Waals surface area contributed by atoms with Crippen molar-refractivity contribution in [2.75, 3.05) is 27.4 Å². The van der Waals surface area contributed by atoms with Gasteiger partial charge in [-0.15, -0.1) is 0 Å². The quantitative estimate of drug-likeness (QED) is 0.889. The molecule has 0 saturated carbocycles. The van der Waals surface area contributed by atoms with Gasteiger partial charge in [0.25, 0.3) is 0 Å². The molecule has 0 radical (unpaired) electrons. The molecule has 0 aromatic heterocycles. The smallest absolute Gasteiger partial charge is 0.119 e. The number of rotatable bonds is 6. The molecule has 0 bridgehead atoms. The molecular weight excluding hydrogens is 290 g/mol. The summed E-state index contributed by atoms with van der Waals surface area (Å²) in [5.74, 6) is 1.72. The van der Waals surface area contributed by atoms with Crippen molar-refractivity contribution in [3.8, 4) is 11.5 Å². The van der Waals surface area contributed by atoms with E-state index in [0.29, 0.717) is 6.04 Å². The second kappa shape index (κ2) is 7.49. The first kappa shape index (κ1) is 15.8. The lowest BCUT2D eigenvalue weighted by molar-refractivity contribution is 0.189. The molecule has 1 heterocycles. The van der Waals surface area contributed by atoms with Gasteiger partial charge >= 0.3 is 0 Å². The van der Waals surface area contributed by atoms with E-state index in [4.69, 9.17) is 14.2 Å². The normalized spacial score (nSPS) is 17.4. The van der Waals surface area contributed by atoms with Crippen molar-refractivity contribution in [2.45, 2.75) is 18.5 Å². The molecule has 4 nitrogen and oxygen atoms in total. The summed E-state index contributed by atoms with van der Waals surface area (Å²) in [4.78, 5) is 0. The van der Waals surface area contributed by atoms with E-state index in [1.54, 1.807) is 14.2 Å².